The van der Waals surface area contributed by atoms with E-state index in [0.29, 0.717) is 6.42 Å². The second-order valence-electron chi connectivity index (χ2n) is 2.43. The Morgan fingerprint density at radius 1 is 1.64 bits per heavy atom. The van der Waals surface area contributed by atoms with Gasteiger partial charge in [0.15, 0.2) is 0 Å². The van der Waals surface area contributed by atoms with E-state index in [1.165, 1.54) is 6.08 Å². The number of hydrogen-bond acceptors (Lipinski definition) is 1. The Kier molecular flexibility index (Phi) is 2.37. The molecule has 1 aliphatic rings. The predicted molar refractivity (Wildman–Crippen MR) is 44.1 cm³/mol. The maximum atomic E-state index is 10.4. The van der Waals surface area contributed by atoms with Gasteiger partial charge in [0.1, 0.15) is 9.37 Å². The first-order chi connectivity index (χ1) is 4.97. The monoisotopic (exact) mass is 214 g/mol. The van der Waals surface area contributed by atoms with Gasteiger partial charge in [-0.3, -0.25) is 4.79 Å². The van der Waals surface area contributed by atoms with Gasteiger partial charge in [0.25, 0.3) is 0 Å². The van der Waals surface area contributed by atoms with Crippen molar-refractivity contribution in [2.75, 3.05) is 0 Å². The fourth-order valence-corrected chi connectivity index (χ4v) is 1.38. The fraction of sp³-hybridized carbons (Fsp3) is 0.500. The molecule has 0 radical (unpaired) electrons. The number of alkyl halides is 1. The summed E-state index contributed by atoms with van der Waals surface area (Å²) in [6.45, 7) is 0. The lowest BCUT2D eigenvalue weighted by Crippen LogP contribution is -2.16. The quantitative estimate of drug-likeness (QED) is 0.718. The van der Waals surface area contributed by atoms with Crippen molar-refractivity contribution < 1.29 is 9.90 Å². The first-order valence-electron chi connectivity index (χ1n) is 2.92. The summed E-state index contributed by atoms with van der Waals surface area (Å²) in [5.74, 6) is -1.25. The van der Waals surface area contributed by atoms with Gasteiger partial charge >= 0.3 is 5.97 Å². The molecule has 1 fully saturated rings. The number of rotatable bonds is 2. The third-order valence-electron chi connectivity index (χ3n) is 1.63. The zero-order valence-electron chi connectivity index (χ0n) is 5.35. The van der Waals surface area contributed by atoms with Crippen molar-refractivity contribution in [2.24, 2.45) is 5.92 Å². The van der Waals surface area contributed by atoms with Crippen molar-refractivity contribution in [3.8, 4) is 0 Å². The van der Waals surface area contributed by atoms with E-state index in [1.54, 1.807) is 0 Å². The van der Waals surface area contributed by atoms with Crippen molar-refractivity contribution >= 4 is 40.8 Å². The molecule has 0 aliphatic heterocycles. The molecular weight excluding hydrogens is 210 g/mol. The van der Waals surface area contributed by atoms with E-state index < -0.39 is 10.8 Å². The van der Waals surface area contributed by atoms with Crippen molar-refractivity contribution in [2.45, 2.75) is 11.3 Å². The zero-order chi connectivity index (χ0) is 8.65. The summed E-state index contributed by atoms with van der Waals surface area (Å²) in [6.07, 6.45) is 1.84. The molecule has 0 aromatic carbocycles. The number of allylic oxidation sites excluding steroid dienone is 1. The maximum Gasteiger partial charge on any atom is 0.325 e. The molecule has 11 heavy (non-hydrogen) atoms. The van der Waals surface area contributed by atoms with Crippen LogP contribution in [-0.4, -0.2) is 16.0 Å². The van der Waals surface area contributed by atoms with Crippen molar-refractivity contribution in [3.05, 3.63) is 10.6 Å². The van der Waals surface area contributed by atoms with E-state index in [4.69, 9.17) is 39.9 Å². The average molecular weight is 215 g/mol. The largest absolute Gasteiger partial charge is 0.480 e. The number of carboxylic acid groups (broad SMARTS) is 1. The molecule has 2 unspecified atom stereocenters. The fourth-order valence-electron chi connectivity index (χ4n) is 0.850. The topological polar surface area (TPSA) is 37.3 Å². The van der Waals surface area contributed by atoms with E-state index in [0.717, 1.165) is 0 Å². The van der Waals surface area contributed by atoms with Crippen LogP contribution in [0.2, 0.25) is 0 Å². The minimum absolute atomic E-state index is 0.0683. The van der Waals surface area contributed by atoms with Gasteiger partial charge in [0.05, 0.1) is 0 Å². The van der Waals surface area contributed by atoms with Gasteiger partial charge in [-0.25, -0.2) is 0 Å². The summed E-state index contributed by atoms with van der Waals surface area (Å²) in [5.41, 5.74) is 0. The van der Waals surface area contributed by atoms with Crippen LogP contribution in [0.5, 0.6) is 0 Å². The number of hydrogen-bond donors (Lipinski definition) is 1. The van der Waals surface area contributed by atoms with Crippen LogP contribution in [0.15, 0.2) is 10.6 Å². The Morgan fingerprint density at radius 2 is 2.18 bits per heavy atom. The second kappa shape index (κ2) is 2.85. The molecule has 0 aromatic rings. The van der Waals surface area contributed by atoms with Crippen molar-refractivity contribution in [1.82, 2.24) is 0 Å². The van der Waals surface area contributed by atoms with Gasteiger partial charge in [0, 0.05) is 5.92 Å². The standard InChI is InChI=1S/C6H5Cl3O2/c7-4(8)1-3-2-6(3,9)5(10)11/h1,3H,2H2,(H,10,11). The number of carboxylic acids is 1. The van der Waals surface area contributed by atoms with E-state index in [9.17, 15) is 4.79 Å². The molecule has 2 nitrogen and oxygen atoms in total. The molecule has 0 saturated heterocycles. The zero-order valence-corrected chi connectivity index (χ0v) is 7.62. The molecule has 1 aliphatic carbocycles. The first kappa shape index (κ1) is 9.17. The van der Waals surface area contributed by atoms with Crippen molar-refractivity contribution in [1.29, 1.82) is 0 Å². The predicted octanol–water partition coefficient (Wildman–Crippen LogP) is 2.39. The highest BCUT2D eigenvalue weighted by Crippen LogP contribution is 2.51. The van der Waals surface area contributed by atoms with E-state index >= 15 is 0 Å². The summed E-state index contributed by atoms with van der Waals surface area (Å²) in [4.78, 5) is 9.27. The lowest BCUT2D eigenvalue weighted by atomic mass is 10.3. The van der Waals surface area contributed by atoms with E-state index in [2.05, 4.69) is 0 Å². The summed E-state index contributed by atoms with van der Waals surface area (Å²) in [5, 5.41) is 8.55. The first-order valence-corrected chi connectivity index (χ1v) is 4.05. The summed E-state index contributed by atoms with van der Waals surface area (Å²) in [6, 6.07) is 0. The van der Waals surface area contributed by atoms with Gasteiger partial charge in [0.2, 0.25) is 0 Å². The Balaban J connectivity index is 2.61. The molecule has 62 valence electrons. The Bertz CT molecular complexity index is 222. The number of halogens is 3. The smallest absolute Gasteiger partial charge is 0.325 e. The van der Waals surface area contributed by atoms with Gasteiger partial charge < -0.3 is 5.11 Å². The number of aliphatic carboxylic acids is 1. The summed E-state index contributed by atoms with van der Waals surface area (Å²) in [7, 11) is 0. The van der Waals surface area contributed by atoms with Gasteiger partial charge in [-0.05, 0) is 12.5 Å². The molecule has 0 spiro atoms. The van der Waals surface area contributed by atoms with E-state index in [1.807, 2.05) is 0 Å². The molecule has 0 heterocycles. The molecular formula is C6H5Cl3O2. The molecule has 0 aromatic heterocycles. The molecule has 1 N–H and O–H groups in total. The van der Waals surface area contributed by atoms with Crippen LogP contribution in [0, 0.1) is 5.92 Å². The van der Waals surface area contributed by atoms with Crippen LogP contribution < -0.4 is 0 Å². The van der Waals surface area contributed by atoms with Crippen LogP contribution in [-0.2, 0) is 4.79 Å². The Hall–Kier alpha value is 0.0800. The molecule has 2 atom stereocenters. The SMILES string of the molecule is O=C(O)C1(Cl)CC1C=C(Cl)Cl. The second-order valence-corrected chi connectivity index (χ2v) is 4.12. The van der Waals surface area contributed by atoms with Crippen LogP contribution in [0.4, 0.5) is 0 Å². The summed E-state index contributed by atoms with van der Waals surface area (Å²) >= 11 is 16.3. The van der Waals surface area contributed by atoms with Crippen LogP contribution in [0.1, 0.15) is 6.42 Å². The van der Waals surface area contributed by atoms with Crippen LogP contribution in [0.3, 0.4) is 0 Å². The summed E-state index contributed by atoms with van der Waals surface area (Å²) < 4.78 is 0.0683. The number of carbonyl (C=O) groups is 1. The third-order valence-corrected chi connectivity index (χ3v) is 2.48. The maximum absolute atomic E-state index is 10.4. The molecule has 1 rings (SSSR count). The third kappa shape index (κ3) is 1.81. The van der Waals surface area contributed by atoms with Crippen LogP contribution >= 0.6 is 34.8 Å². The average Bonchev–Trinajstić information content (AvgIpc) is 2.42. The molecule has 5 heteroatoms. The van der Waals surface area contributed by atoms with Gasteiger partial charge in [-0.1, -0.05) is 23.2 Å². The van der Waals surface area contributed by atoms with Gasteiger partial charge in [-0.2, -0.15) is 0 Å². The normalized spacial score (nSPS) is 34.6. The minimum atomic E-state index is -1.16. The lowest BCUT2D eigenvalue weighted by molar-refractivity contribution is -0.137. The van der Waals surface area contributed by atoms with Crippen molar-refractivity contribution in [3.63, 3.8) is 0 Å². The lowest BCUT2D eigenvalue weighted by Gasteiger charge is -1.97. The van der Waals surface area contributed by atoms with Crippen LogP contribution in [0.25, 0.3) is 0 Å². The minimum Gasteiger partial charge on any atom is -0.480 e. The van der Waals surface area contributed by atoms with Gasteiger partial charge in [-0.15, -0.1) is 11.6 Å². The molecule has 0 bridgehead atoms. The highest BCUT2D eigenvalue weighted by Gasteiger charge is 2.58. The Morgan fingerprint density at radius 3 is 2.45 bits per heavy atom. The Labute approximate surface area is 78.7 Å². The highest BCUT2D eigenvalue weighted by atomic mass is 35.5. The highest BCUT2D eigenvalue weighted by molar-refractivity contribution is 6.56. The molecule has 0 amide bonds. The molecule has 1 saturated carbocycles. The van der Waals surface area contributed by atoms with E-state index in [-0.39, 0.29) is 10.4 Å².